The van der Waals surface area contributed by atoms with Crippen molar-refractivity contribution in [2.45, 2.75) is 26.2 Å². The van der Waals surface area contributed by atoms with Gasteiger partial charge in [0.1, 0.15) is 0 Å². The van der Waals surface area contributed by atoms with Gasteiger partial charge in [0.2, 0.25) is 0 Å². The summed E-state index contributed by atoms with van der Waals surface area (Å²) < 4.78 is 0. The molecule has 0 radical (unpaired) electrons. The fourth-order valence-corrected chi connectivity index (χ4v) is 11.3. The first-order valence-electron chi connectivity index (χ1n) is 24.6. The molecule has 0 aliphatic carbocycles. The minimum Gasteiger partial charge on any atom is -0.0616 e. The molecule has 0 nitrogen and oxygen atoms in total. The smallest absolute Gasteiger partial charge is 0.00258 e. The van der Waals surface area contributed by atoms with Crippen molar-refractivity contribution >= 4 is 64.6 Å². The normalized spacial score (nSPS) is 11.9. The van der Waals surface area contributed by atoms with Gasteiger partial charge >= 0.3 is 0 Å². The fourth-order valence-electron chi connectivity index (χ4n) is 11.3. The summed E-state index contributed by atoms with van der Waals surface area (Å²) in [6, 6.07) is 93.2. The average Bonchev–Trinajstić information content (AvgIpc) is 3.41. The predicted molar refractivity (Wildman–Crippen MR) is 303 cm³/mol. The maximum absolute atomic E-state index is 2.50. The zero-order valence-electron chi connectivity index (χ0n) is 39.7. The highest BCUT2D eigenvalue weighted by atomic mass is 14.3. The Morgan fingerprint density at radius 2 is 0.486 bits per heavy atom. The molecule has 0 aliphatic rings. The quantitative estimate of drug-likeness (QED) is 0.146. The second-order valence-electron chi connectivity index (χ2n) is 20.0. The van der Waals surface area contributed by atoms with Gasteiger partial charge in [-0.3, -0.25) is 0 Å². The van der Waals surface area contributed by atoms with Crippen LogP contribution < -0.4 is 0 Å². The van der Waals surface area contributed by atoms with Gasteiger partial charge in [0.05, 0.1) is 0 Å². The van der Waals surface area contributed by atoms with Crippen LogP contribution in [0.3, 0.4) is 0 Å². The van der Waals surface area contributed by atoms with E-state index in [1.54, 1.807) is 0 Å². The Hall–Kier alpha value is -8.58. The zero-order valence-corrected chi connectivity index (χ0v) is 39.7. The van der Waals surface area contributed by atoms with E-state index in [2.05, 4.69) is 269 Å². The highest BCUT2D eigenvalue weighted by Gasteiger charge is 2.23. The number of fused-ring (bicyclic) bond motifs is 6. The first-order chi connectivity index (χ1) is 34.3. The second kappa shape index (κ2) is 16.6. The highest BCUT2D eigenvalue weighted by molar-refractivity contribution is 6.22. The van der Waals surface area contributed by atoms with Gasteiger partial charge in [-0.05, 0) is 185 Å². The van der Waals surface area contributed by atoms with Crippen LogP contribution in [0.25, 0.3) is 131 Å². The maximum atomic E-state index is 2.50. The van der Waals surface area contributed by atoms with Crippen LogP contribution >= 0.6 is 0 Å². The SMILES string of the molecule is CC(C)(C)c1ccc2c(-c3cc(-c4cccc5ccccc45)cc(-c4cccc5ccccc45)c3)c3ccccc3c(-c3cc(-c4cccc5ccccc45)cc(-c4cccc5ccccc45)c3)c2c1. The molecule has 0 aromatic heterocycles. The standard InChI is InChI=1S/C70H50/c1-70(2,3)55-36-37-66-67(44-55)69(54-42-51(62-34-16-24-47-20-6-10-28-58(47)62)39-52(43-54)63-35-17-25-48-21-7-11-29-59(48)63)65-31-13-12-30-64(65)68(66)53-40-49(60-32-14-22-45-18-4-8-26-56(45)60)38-50(41-53)61-33-15-23-46-19-5-9-27-57(46)61/h4-44H,1-3H3. The Balaban J connectivity index is 1.15. The van der Waals surface area contributed by atoms with Crippen LogP contribution in [0.5, 0.6) is 0 Å². The molecule has 0 unspecified atom stereocenters. The summed E-state index contributed by atoms with van der Waals surface area (Å²) in [4.78, 5) is 0. The van der Waals surface area contributed by atoms with Gasteiger partial charge in [-0.1, -0.05) is 227 Å². The van der Waals surface area contributed by atoms with Gasteiger partial charge in [-0.15, -0.1) is 0 Å². The van der Waals surface area contributed by atoms with Gasteiger partial charge in [0.15, 0.2) is 0 Å². The highest BCUT2D eigenvalue weighted by Crippen LogP contribution is 2.49. The van der Waals surface area contributed by atoms with Gasteiger partial charge in [0.25, 0.3) is 0 Å². The molecule has 0 saturated carbocycles. The van der Waals surface area contributed by atoms with Crippen LogP contribution in [0.2, 0.25) is 0 Å². The average molecular weight is 891 g/mol. The topological polar surface area (TPSA) is 0 Å². The van der Waals surface area contributed by atoms with Crippen molar-refractivity contribution in [1.29, 1.82) is 0 Å². The van der Waals surface area contributed by atoms with E-state index in [4.69, 9.17) is 0 Å². The van der Waals surface area contributed by atoms with E-state index >= 15 is 0 Å². The Labute approximate surface area is 409 Å². The number of hydrogen-bond donors (Lipinski definition) is 0. The van der Waals surface area contributed by atoms with E-state index in [0.29, 0.717) is 0 Å². The molecule has 0 heterocycles. The maximum Gasteiger partial charge on any atom is -0.00258 e. The summed E-state index contributed by atoms with van der Waals surface area (Å²) in [7, 11) is 0. The summed E-state index contributed by atoms with van der Waals surface area (Å²) in [5.74, 6) is 0. The van der Waals surface area contributed by atoms with Crippen LogP contribution in [0.1, 0.15) is 26.3 Å². The molecule has 0 N–H and O–H groups in total. The lowest BCUT2D eigenvalue weighted by Gasteiger charge is -2.24. The largest absolute Gasteiger partial charge is 0.0616 e. The van der Waals surface area contributed by atoms with Crippen LogP contribution in [-0.4, -0.2) is 0 Å². The molecular weight excluding hydrogens is 841 g/mol. The summed E-state index contributed by atoms with van der Waals surface area (Å²) >= 11 is 0. The monoisotopic (exact) mass is 890 g/mol. The van der Waals surface area contributed by atoms with Gasteiger partial charge in [-0.2, -0.15) is 0 Å². The molecule has 13 rings (SSSR count). The van der Waals surface area contributed by atoms with Gasteiger partial charge in [-0.25, -0.2) is 0 Å². The zero-order chi connectivity index (χ0) is 46.9. The van der Waals surface area contributed by atoms with E-state index in [1.165, 1.54) is 137 Å². The summed E-state index contributed by atoms with van der Waals surface area (Å²) in [5, 5.41) is 14.9. The molecule has 0 saturated heterocycles. The van der Waals surface area contributed by atoms with Crippen LogP contribution in [0.15, 0.2) is 249 Å². The minimum absolute atomic E-state index is 0.0774. The predicted octanol–water partition coefficient (Wildman–Crippen LogP) is 19.9. The molecule has 0 atom stereocenters. The third-order valence-corrected chi connectivity index (χ3v) is 14.7. The van der Waals surface area contributed by atoms with Crippen LogP contribution in [-0.2, 0) is 5.41 Å². The molecule has 13 aromatic carbocycles. The summed E-state index contributed by atoms with van der Waals surface area (Å²) in [6.45, 7) is 7.00. The van der Waals surface area contributed by atoms with Crippen molar-refractivity contribution in [2.24, 2.45) is 0 Å². The van der Waals surface area contributed by atoms with E-state index in [-0.39, 0.29) is 5.41 Å². The third kappa shape index (κ3) is 7.07. The van der Waals surface area contributed by atoms with E-state index < -0.39 is 0 Å². The lowest BCUT2D eigenvalue weighted by Crippen LogP contribution is -2.10. The Morgan fingerprint density at radius 3 is 0.829 bits per heavy atom. The summed E-state index contributed by atoms with van der Waals surface area (Å²) in [6.07, 6.45) is 0. The number of benzene rings is 13. The molecular formula is C70H50. The number of hydrogen-bond acceptors (Lipinski definition) is 0. The van der Waals surface area contributed by atoms with Crippen molar-refractivity contribution in [3.8, 4) is 66.8 Å². The lowest BCUT2D eigenvalue weighted by molar-refractivity contribution is 0.591. The number of rotatable bonds is 6. The molecule has 0 spiro atoms. The molecule has 13 aromatic rings. The molecule has 0 amide bonds. The van der Waals surface area contributed by atoms with Crippen molar-refractivity contribution in [3.63, 3.8) is 0 Å². The molecule has 0 fully saturated rings. The lowest BCUT2D eigenvalue weighted by atomic mass is 9.80. The molecule has 0 heteroatoms. The van der Waals surface area contributed by atoms with Crippen molar-refractivity contribution in [2.75, 3.05) is 0 Å². The Kier molecular flexibility index (Phi) is 9.85. The van der Waals surface area contributed by atoms with Crippen LogP contribution in [0, 0.1) is 0 Å². The van der Waals surface area contributed by atoms with E-state index in [9.17, 15) is 0 Å². The van der Waals surface area contributed by atoms with Crippen LogP contribution in [0.4, 0.5) is 0 Å². The van der Waals surface area contributed by atoms with E-state index in [0.717, 1.165) is 0 Å². The Bertz CT molecular complexity index is 4000. The van der Waals surface area contributed by atoms with Gasteiger partial charge in [0, 0.05) is 0 Å². The second-order valence-corrected chi connectivity index (χ2v) is 20.0. The van der Waals surface area contributed by atoms with Crippen molar-refractivity contribution in [3.05, 3.63) is 254 Å². The third-order valence-electron chi connectivity index (χ3n) is 14.7. The Morgan fingerprint density at radius 1 is 0.214 bits per heavy atom. The summed E-state index contributed by atoms with van der Waals surface area (Å²) in [5.41, 5.74) is 15.9. The van der Waals surface area contributed by atoms with Crippen molar-refractivity contribution < 1.29 is 0 Å². The first kappa shape index (κ1) is 41.6. The van der Waals surface area contributed by atoms with Gasteiger partial charge < -0.3 is 0 Å². The van der Waals surface area contributed by atoms with E-state index in [1.807, 2.05) is 0 Å². The minimum atomic E-state index is -0.0774. The molecule has 330 valence electrons. The molecule has 0 bridgehead atoms. The van der Waals surface area contributed by atoms with Crippen molar-refractivity contribution in [1.82, 2.24) is 0 Å². The molecule has 0 aliphatic heterocycles. The first-order valence-corrected chi connectivity index (χ1v) is 24.6. The fraction of sp³-hybridized carbons (Fsp3) is 0.0571. The molecule has 70 heavy (non-hydrogen) atoms.